The summed E-state index contributed by atoms with van der Waals surface area (Å²) in [6, 6.07) is 4.57. The zero-order valence-corrected chi connectivity index (χ0v) is 12.2. The minimum absolute atomic E-state index is 0.135. The van der Waals surface area contributed by atoms with Gasteiger partial charge >= 0.3 is 0 Å². The lowest BCUT2D eigenvalue weighted by Crippen LogP contribution is -2.31. The molecule has 102 valence electrons. The van der Waals surface area contributed by atoms with Crippen molar-refractivity contribution in [2.75, 3.05) is 11.9 Å². The van der Waals surface area contributed by atoms with E-state index in [1.54, 1.807) is 19.1 Å². The van der Waals surface area contributed by atoms with E-state index < -0.39 is 4.92 Å². The van der Waals surface area contributed by atoms with E-state index in [1.165, 1.54) is 6.07 Å². The number of nitro groups is 1. The first-order valence-corrected chi connectivity index (χ1v) is 7.19. The summed E-state index contributed by atoms with van der Waals surface area (Å²) in [5.74, 6) is -0.373. The molecule has 0 radical (unpaired) electrons. The van der Waals surface area contributed by atoms with Crippen molar-refractivity contribution >= 4 is 27.5 Å². The number of aryl methyl sites for hydroxylation is 1. The summed E-state index contributed by atoms with van der Waals surface area (Å²) in [5.41, 5.74) is 0.966. The third-order valence-electron chi connectivity index (χ3n) is 3.46. The highest BCUT2D eigenvalue weighted by molar-refractivity contribution is 9.09. The van der Waals surface area contributed by atoms with Crippen LogP contribution in [0.15, 0.2) is 18.2 Å². The molecule has 1 amide bonds. The van der Waals surface area contributed by atoms with E-state index in [0.29, 0.717) is 6.54 Å². The van der Waals surface area contributed by atoms with Crippen molar-refractivity contribution < 1.29 is 9.72 Å². The van der Waals surface area contributed by atoms with Crippen LogP contribution in [-0.4, -0.2) is 22.7 Å². The summed E-state index contributed by atoms with van der Waals surface area (Å²) >= 11 is 3.43. The molecule has 19 heavy (non-hydrogen) atoms. The van der Waals surface area contributed by atoms with Crippen LogP contribution in [0.3, 0.4) is 0 Å². The second-order valence-corrected chi connectivity index (χ2v) is 5.65. The fourth-order valence-electron chi connectivity index (χ4n) is 1.89. The van der Waals surface area contributed by atoms with Crippen molar-refractivity contribution in [1.82, 2.24) is 5.32 Å². The molecule has 1 aromatic rings. The highest BCUT2D eigenvalue weighted by atomic mass is 79.9. The van der Waals surface area contributed by atoms with Crippen molar-refractivity contribution in [3.63, 3.8) is 0 Å². The van der Waals surface area contributed by atoms with Crippen molar-refractivity contribution in [1.29, 1.82) is 0 Å². The van der Waals surface area contributed by atoms with Crippen molar-refractivity contribution in [2.24, 2.45) is 5.41 Å². The molecular formula is C13H15BrN2O3. The van der Waals surface area contributed by atoms with Gasteiger partial charge in [0.05, 0.1) is 4.92 Å². The quantitative estimate of drug-likeness (QED) is 0.513. The molecular weight excluding hydrogens is 312 g/mol. The predicted molar refractivity (Wildman–Crippen MR) is 75.6 cm³/mol. The fraction of sp³-hybridized carbons (Fsp3) is 0.462. The number of halogens is 1. The van der Waals surface area contributed by atoms with Crippen LogP contribution >= 0.6 is 15.9 Å². The van der Waals surface area contributed by atoms with Gasteiger partial charge in [-0.3, -0.25) is 14.9 Å². The number of hydrogen-bond acceptors (Lipinski definition) is 3. The Balaban J connectivity index is 2.14. The maximum Gasteiger partial charge on any atom is 0.282 e. The summed E-state index contributed by atoms with van der Waals surface area (Å²) in [7, 11) is 0. The molecule has 0 unspecified atom stereocenters. The normalized spacial score (nSPS) is 15.9. The zero-order chi connectivity index (χ0) is 14.0. The maximum absolute atomic E-state index is 12.1. The second-order valence-electron chi connectivity index (χ2n) is 5.09. The van der Waals surface area contributed by atoms with Crippen LogP contribution < -0.4 is 5.32 Å². The number of hydrogen-bond donors (Lipinski definition) is 1. The van der Waals surface area contributed by atoms with Gasteiger partial charge in [0.25, 0.3) is 11.6 Å². The topological polar surface area (TPSA) is 72.2 Å². The Morgan fingerprint density at radius 3 is 2.74 bits per heavy atom. The number of benzene rings is 1. The largest absolute Gasteiger partial charge is 0.351 e. The molecule has 0 aromatic heterocycles. The number of nitro benzene ring substituents is 1. The van der Waals surface area contributed by atoms with Crippen LogP contribution in [0.25, 0.3) is 0 Å². The number of alkyl halides is 1. The SMILES string of the molecule is Cc1ccc([N+](=O)[O-])c(C(=O)NCC2(CBr)CC2)c1. The van der Waals surface area contributed by atoms with E-state index in [2.05, 4.69) is 21.2 Å². The maximum atomic E-state index is 12.1. The molecule has 2 rings (SSSR count). The van der Waals surface area contributed by atoms with Gasteiger partial charge in [-0.2, -0.15) is 0 Å². The van der Waals surface area contributed by atoms with Gasteiger partial charge < -0.3 is 5.32 Å². The summed E-state index contributed by atoms with van der Waals surface area (Å²) in [6.07, 6.45) is 2.16. The van der Waals surface area contributed by atoms with Crippen LogP contribution in [0, 0.1) is 22.5 Å². The van der Waals surface area contributed by atoms with Crippen LogP contribution in [0.1, 0.15) is 28.8 Å². The summed E-state index contributed by atoms with van der Waals surface area (Å²) < 4.78 is 0. The van der Waals surface area contributed by atoms with Gasteiger partial charge in [-0.1, -0.05) is 22.0 Å². The Labute approximate surface area is 119 Å². The Morgan fingerprint density at radius 1 is 1.53 bits per heavy atom. The summed E-state index contributed by atoms with van der Waals surface area (Å²) in [4.78, 5) is 22.5. The third-order valence-corrected chi connectivity index (χ3v) is 4.65. The minimum atomic E-state index is -0.522. The first-order chi connectivity index (χ1) is 8.97. The number of amides is 1. The van der Waals surface area contributed by atoms with E-state index in [-0.39, 0.29) is 22.6 Å². The van der Waals surface area contributed by atoms with Crippen molar-refractivity contribution in [2.45, 2.75) is 19.8 Å². The van der Waals surface area contributed by atoms with E-state index in [1.807, 2.05) is 0 Å². The first kappa shape index (κ1) is 14.0. The molecule has 5 nitrogen and oxygen atoms in total. The molecule has 0 saturated heterocycles. The van der Waals surface area contributed by atoms with Crippen molar-refractivity contribution in [3.8, 4) is 0 Å². The molecule has 1 aliphatic carbocycles. The average molecular weight is 327 g/mol. The van der Waals surface area contributed by atoms with Crippen LogP contribution in [0.2, 0.25) is 0 Å². The van der Waals surface area contributed by atoms with Crippen LogP contribution in [0.5, 0.6) is 0 Å². The molecule has 1 aliphatic rings. The van der Waals surface area contributed by atoms with Crippen LogP contribution in [0.4, 0.5) is 5.69 Å². The summed E-state index contributed by atoms with van der Waals surface area (Å²) in [6.45, 7) is 2.36. The Morgan fingerprint density at radius 2 is 2.21 bits per heavy atom. The Kier molecular flexibility index (Phi) is 3.89. The fourth-order valence-corrected chi connectivity index (χ4v) is 2.65. The Bertz CT molecular complexity index is 527. The lowest BCUT2D eigenvalue weighted by Gasteiger charge is -2.12. The lowest BCUT2D eigenvalue weighted by molar-refractivity contribution is -0.385. The molecule has 1 N–H and O–H groups in total. The highest BCUT2D eigenvalue weighted by Gasteiger charge is 2.41. The minimum Gasteiger partial charge on any atom is -0.351 e. The molecule has 1 fully saturated rings. The molecule has 0 bridgehead atoms. The number of carbonyl (C=O) groups excluding carboxylic acids is 1. The molecule has 1 saturated carbocycles. The van der Waals surface area contributed by atoms with Crippen LogP contribution in [-0.2, 0) is 0 Å². The monoisotopic (exact) mass is 326 g/mol. The van der Waals surface area contributed by atoms with E-state index in [9.17, 15) is 14.9 Å². The van der Waals surface area contributed by atoms with Crippen molar-refractivity contribution in [3.05, 3.63) is 39.4 Å². The smallest absolute Gasteiger partial charge is 0.282 e. The number of carbonyl (C=O) groups is 1. The van der Waals surface area contributed by atoms with Gasteiger partial charge in [-0.25, -0.2) is 0 Å². The van der Waals surface area contributed by atoms with Gasteiger partial charge in [-0.05, 0) is 36.8 Å². The van der Waals surface area contributed by atoms with E-state index in [0.717, 1.165) is 23.7 Å². The third kappa shape index (κ3) is 3.12. The molecule has 6 heteroatoms. The first-order valence-electron chi connectivity index (χ1n) is 6.07. The molecule has 0 atom stereocenters. The lowest BCUT2D eigenvalue weighted by atomic mass is 10.1. The average Bonchev–Trinajstić information content (AvgIpc) is 3.16. The zero-order valence-electron chi connectivity index (χ0n) is 10.6. The Hall–Kier alpha value is -1.43. The number of nitrogens with one attached hydrogen (secondary N) is 1. The number of nitrogens with zero attached hydrogens (tertiary/aromatic N) is 1. The number of rotatable bonds is 5. The van der Waals surface area contributed by atoms with Gasteiger partial charge in [0.2, 0.25) is 0 Å². The predicted octanol–water partition coefficient (Wildman–Crippen LogP) is 2.81. The van der Waals surface area contributed by atoms with Gasteiger partial charge in [-0.15, -0.1) is 0 Å². The molecule has 1 aromatic carbocycles. The van der Waals surface area contributed by atoms with E-state index >= 15 is 0 Å². The second kappa shape index (κ2) is 5.28. The summed E-state index contributed by atoms with van der Waals surface area (Å²) in [5, 5.41) is 14.6. The van der Waals surface area contributed by atoms with E-state index in [4.69, 9.17) is 0 Å². The molecule has 0 spiro atoms. The molecule has 0 heterocycles. The highest BCUT2D eigenvalue weighted by Crippen LogP contribution is 2.46. The molecule has 0 aliphatic heterocycles. The van der Waals surface area contributed by atoms with Gasteiger partial charge in [0, 0.05) is 17.9 Å². The standard InChI is InChI=1S/C13H15BrN2O3/c1-9-2-3-11(16(18)19)10(6-9)12(17)15-8-13(7-14)4-5-13/h2-3,6H,4-5,7-8H2,1H3,(H,15,17). The van der Waals surface area contributed by atoms with Gasteiger partial charge in [0.15, 0.2) is 0 Å². The van der Waals surface area contributed by atoms with Gasteiger partial charge in [0.1, 0.15) is 5.56 Å².